The van der Waals surface area contributed by atoms with E-state index in [0.717, 1.165) is 22.7 Å². The molecule has 1 aliphatic heterocycles. The van der Waals surface area contributed by atoms with E-state index in [1.165, 1.54) is 24.3 Å². The summed E-state index contributed by atoms with van der Waals surface area (Å²) in [5, 5.41) is 13.3. The molecule has 0 bridgehead atoms. The third-order valence-electron chi connectivity index (χ3n) is 4.78. The number of rotatable bonds is 5. The molecule has 1 saturated heterocycles. The monoisotopic (exact) mass is 409 g/mol. The van der Waals surface area contributed by atoms with Gasteiger partial charge in [0, 0.05) is 23.5 Å². The number of hydrogen-bond donors (Lipinski definition) is 2. The molecule has 154 valence electrons. The van der Waals surface area contributed by atoms with Crippen molar-refractivity contribution in [1.29, 1.82) is 0 Å². The van der Waals surface area contributed by atoms with Crippen molar-refractivity contribution in [3.05, 3.63) is 64.2 Å². The normalized spacial score (nSPS) is 15.2. The predicted octanol–water partition coefficient (Wildman–Crippen LogP) is 1.96. The van der Waals surface area contributed by atoms with Crippen LogP contribution in [0.2, 0.25) is 0 Å². The molecule has 1 fully saturated rings. The van der Waals surface area contributed by atoms with Gasteiger partial charge in [-0.3, -0.25) is 14.9 Å². The SMILES string of the molecule is O=C(C[NH+]1CCN(c2ccc([N+](=O)[O-])cc2)CC1)Nc1cccc(C(F)(F)F)c1. The lowest BCUT2D eigenvalue weighted by Gasteiger charge is -2.33. The predicted molar refractivity (Wildman–Crippen MR) is 101 cm³/mol. The van der Waals surface area contributed by atoms with Gasteiger partial charge in [-0.1, -0.05) is 6.07 Å². The minimum Gasteiger partial charge on any atom is -0.360 e. The average molecular weight is 409 g/mol. The van der Waals surface area contributed by atoms with Crippen LogP contribution in [-0.4, -0.2) is 43.6 Å². The van der Waals surface area contributed by atoms with Gasteiger partial charge < -0.3 is 15.1 Å². The number of halogens is 3. The van der Waals surface area contributed by atoms with E-state index < -0.39 is 16.7 Å². The zero-order chi connectivity index (χ0) is 21.0. The fraction of sp³-hybridized carbons (Fsp3) is 0.316. The van der Waals surface area contributed by atoms with Gasteiger partial charge in [-0.15, -0.1) is 0 Å². The van der Waals surface area contributed by atoms with Crippen molar-refractivity contribution >= 4 is 23.0 Å². The molecule has 1 aliphatic rings. The molecule has 0 aliphatic carbocycles. The lowest BCUT2D eigenvalue weighted by molar-refractivity contribution is -0.892. The Morgan fingerprint density at radius 2 is 1.79 bits per heavy atom. The van der Waals surface area contributed by atoms with Crippen LogP contribution in [0.15, 0.2) is 48.5 Å². The van der Waals surface area contributed by atoms with Gasteiger partial charge in [-0.25, -0.2) is 0 Å². The molecule has 0 unspecified atom stereocenters. The Balaban J connectivity index is 1.50. The highest BCUT2D eigenvalue weighted by atomic mass is 19.4. The number of nitrogens with zero attached hydrogens (tertiary/aromatic N) is 2. The standard InChI is InChI=1S/C19H19F3N4O3/c20-19(21,22)14-2-1-3-15(12-14)23-18(27)13-24-8-10-25(11-9-24)16-4-6-17(7-5-16)26(28)29/h1-7,12H,8-11,13H2,(H,23,27)/p+1. The van der Waals surface area contributed by atoms with Crippen LogP contribution in [0.1, 0.15) is 5.56 Å². The number of benzene rings is 2. The maximum absolute atomic E-state index is 12.8. The van der Waals surface area contributed by atoms with Crippen molar-refractivity contribution in [3.63, 3.8) is 0 Å². The summed E-state index contributed by atoms with van der Waals surface area (Å²) in [4.78, 5) is 25.6. The van der Waals surface area contributed by atoms with E-state index >= 15 is 0 Å². The number of non-ortho nitro benzene ring substituents is 1. The van der Waals surface area contributed by atoms with Gasteiger partial charge in [-0.05, 0) is 30.3 Å². The first-order valence-electron chi connectivity index (χ1n) is 9.02. The molecule has 0 aromatic heterocycles. The first-order valence-corrected chi connectivity index (χ1v) is 9.02. The van der Waals surface area contributed by atoms with E-state index in [1.54, 1.807) is 12.1 Å². The topological polar surface area (TPSA) is 79.9 Å². The van der Waals surface area contributed by atoms with Crippen LogP contribution in [-0.2, 0) is 11.0 Å². The molecular weight excluding hydrogens is 389 g/mol. The van der Waals surface area contributed by atoms with Crippen LogP contribution in [0.25, 0.3) is 0 Å². The highest BCUT2D eigenvalue weighted by Crippen LogP contribution is 2.30. The summed E-state index contributed by atoms with van der Waals surface area (Å²) in [6.07, 6.45) is -4.46. The number of quaternary nitrogens is 1. The molecule has 2 N–H and O–H groups in total. The van der Waals surface area contributed by atoms with Crippen LogP contribution in [0.4, 0.5) is 30.2 Å². The number of hydrogen-bond acceptors (Lipinski definition) is 4. The summed E-state index contributed by atoms with van der Waals surface area (Å²) in [7, 11) is 0. The highest BCUT2D eigenvalue weighted by molar-refractivity contribution is 5.91. The number of alkyl halides is 3. The van der Waals surface area contributed by atoms with E-state index in [4.69, 9.17) is 0 Å². The minimum absolute atomic E-state index is 0.0317. The number of nitrogens with one attached hydrogen (secondary N) is 2. The molecule has 2 aromatic rings. The molecule has 1 heterocycles. The van der Waals surface area contributed by atoms with Gasteiger partial charge in [0.05, 0.1) is 36.7 Å². The second kappa shape index (κ2) is 8.48. The quantitative estimate of drug-likeness (QED) is 0.585. The second-order valence-corrected chi connectivity index (χ2v) is 6.81. The Kier molecular flexibility index (Phi) is 6.02. The van der Waals surface area contributed by atoms with Gasteiger partial charge >= 0.3 is 6.18 Å². The summed E-state index contributed by atoms with van der Waals surface area (Å²) in [6.45, 7) is 2.85. The second-order valence-electron chi connectivity index (χ2n) is 6.81. The Morgan fingerprint density at radius 3 is 2.38 bits per heavy atom. The van der Waals surface area contributed by atoms with Gasteiger partial charge in [0.15, 0.2) is 6.54 Å². The first kappa shape index (κ1) is 20.6. The number of nitro benzene ring substituents is 1. The number of piperazine rings is 1. The van der Waals surface area contributed by atoms with E-state index in [0.29, 0.717) is 26.2 Å². The maximum Gasteiger partial charge on any atom is 0.416 e. The fourth-order valence-corrected chi connectivity index (χ4v) is 3.25. The smallest absolute Gasteiger partial charge is 0.360 e. The highest BCUT2D eigenvalue weighted by Gasteiger charge is 2.30. The molecule has 1 amide bonds. The van der Waals surface area contributed by atoms with Crippen LogP contribution in [0.3, 0.4) is 0 Å². The van der Waals surface area contributed by atoms with Crippen molar-refractivity contribution in [3.8, 4) is 0 Å². The molecular formula is C19H20F3N4O3+. The van der Waals surface area contributed by atoms with Crippen LogP contribution < -0.4 is 15.1 Å². The number of nitro groups is 1. The lowest BCUT2D eigenvalue weighted by Crippen LogP contribution is -3.15. The molecule has 2 aromatic carbocycles. The number of carbonyl (C=O) groups is 1. The van der Waals surface area contributed by atoms with Crippen LogP contribution >= 0.6 is 0 Å². The molecule has 0 atom stereocenters. The first-order chi connectivity index (χ1) is 13.7. The molecule has 10 heteroatoms. The Labute approximate surface area is 164 Å². The van der Waals surface area contributed by atoms with Crippen molar-refractivity contribution in [1.82, 2.24) is 0 Å². The van der Waals surface area contributed by atoms with Gasteiger partial charge in [0.25, 0.3) is 11.6 Å². The van der Waals surface area contributed by atoms with Crippen molar-refractivity contribution in [2.75, 3.05) is 42.9 Å². The van der Waals surface area contributed by atoms with Crippen LogP contribution in [0.5, 0.6) is 0 Å². The number of anilines is 2. The number of carbonyl (C=O) groups excluding carboxylic acids is 1. The van der Waals surface area contributed by atoms with Gasteiger partial charge in [0.1, 0.15) is 0 Å². The number of amides is 1. The van der Waals surface area contributed by atoms with Crippen LogP contribution in [0, 0.1) is 10.1 Å². The zero-order valence-electron chi connectivity index (χ0n) is 15.4. The van der Waals surface area contributed by atoms with Crippen molar-refractivity contribution in [2.24, 2.45) is 0 Å². The summed E-state index contributed by atoms with van der Waals surface area (Å²) >= 11 is 0. The third kappa shape index (κ3) is 5.44. The van der Waals surface area contributed by atoms with Gasteiger partial charge in [-0.2, -0.15) is 13.2 Å². The Morgan fingerprint density at radius 1 is 1.14 bits per heavy atom. The summed E-state index contributed by atoms with van der Waals surface area (Å²) < 4.78 is 38.3. The average Bonchev–Trinajstić information content (AvgIpc) is 2.68. The summed E-state index contributed by atoms with van der Waals surface area (Å²) in [6, 6.07) is 10.9. The van der Waals surface area contributed by atoms with Gasteiger partial charge in [0.2, 0.25) is 0 Å². The Hall–Kier alpha value is -3.14. The summed E-state index contributed by atoms with van der Waals surface area (Å²) in [5.74, 6) is -0.344. The summed E-state index contributed by atoms with van der Waals surface area (Å²) in [5.41, 5.74) is 0.223. The van der Waals surface area contributed by atoms with E-state index in [2.05, 4.69) is 10.2 Å². The Bertz CT molecular complexity index is 879. The molecule has 3 rings (SSSR count). The van der Waals surface area contributed by atoms with E-state index in [1.807, 2.05) is 0 Å². The zero-order valence-corrected chi connectivity index (χ0v) is 15.4. The third-order valence-corrected chi connectivity index (χ3v) is 4.78. The van der Waals surface area contributed by atoms with E-state index in [-0.39, 0.29) is 23.8 Å². The van der Waals surface area contributed by atoms with E-state index in [9.17, 15) is 28.1 Å². The maximum atomic E-state index is 12.8. The fourth-order valence-electron chi connectivity index (χ4n) is 3.25. The molecule has 0 radical (unpaired) electrons. The minimum atomic E-state index is -4.46. The lowest BCUT2D eigenvalue weighted by atomic mass is 10.2. The molecule has 7 nitrogen and oxygen atoms in total. The molecule has 29 heavy (non-hydrogen) atoms. The largest absolute Gasteiger partial charge is 0.416 e. The van der Waals surface area contributed by atoms with Crippen molar-refractivity contribution in [2.45, 2.75) is 6.18 Å². The van der Waals surface area contributed by atoms with Crippen molar-refractivity contribution < 1.29 is 27.8 Å². The molecule has 0 spiro atoms. The molecule has 0 saturated carbocycles.